The van der Waals surface area contributed by atoms with Crippen LogP contribution in [0.15, 0.2) is 34.9 Å². The lowest BCUT2D eigenvalue weighted by Gasteiger charge is -2.02. The number of aromatic nitrogens is 1. The van der Waals surface area contributed by atoms with Gasteiger partial charge in [-0.2, -0.15) is 0 Å². The first-order valence-corrected chi connectivity index (χ1v) is 5.99. The number of ether oxygens (including phenoxy) is 1. The van der Waals surface area contributed by atoms with Crippen LogP contribution < -0.4 is 0 Å². The summed E-state index contributed by atoms with van der Waals surface area (Å²) in [5, 5.41) is 12.5. The third-order valence-electron chi connectivity index (χ3n) is 2.78. The fourth-order valence-electron chi connectivity index (χ4n) is 1.77. The Morgan fingerprint density at radius 2 is 2.11 bits per heavy atom. The van der Waals surface area contributed by atoms with Crippen LogP contribution in [0.25, 0.3) is 11.3 Å². The zero-order chi connectivity index (χ0) is 13.7. The molecule has 5 heteroatoms. The second-order valence-electron chi connectivity index (χ2n) is 4.17. The second-order valence-corrected chi connectivity index (χ2v) is 4.17. The molecule has 1 heterocycles. The molecule has 0 radical (unpaired) electrons. The van der Waals surface area contributed by atoms with Gasteiger partial charge in [-0.1, -0.05) is 29.4 Å². The molecule has 19 heavy (non-hydrogen) atoms. The average Bonchev–Trinajstić information content (AvgIpc) is 2.90. The molecule has 0 spiro atoms. The van der Waals surface area contributed by atoms with Crippen molar-refractivity contribution in [3.63, 3.8) is 0 Å². The summed E-state index contributed by atoms with van der Waals surface area (Å²) in [4.78, 5) is 10.7. The lowest BCUT2D eigenvalue weighted by atomic mass is 10.1. The van der Waals surface area contributed by atoms with E-state index in [-0.39, 0.29) is 5.76 Å². The van der Waals surface area contributed by atoms with Gasteiger partial charge in [-0.15, -0.1) is 0 Å². The van der Waals surface area contributed by atoms with Crippen LogP contribution in [-0.2, 0) is 11.2 Å². The minimum atomic E-state index is -1.12. The Morgan fingerprint density at radius 1 is 1.37 bits per heavy atom. The highest BCUT2D eigenvalue weighted by Gasteiger charge is 2.12. The zero-order valence-corrected chi connectivity index (χ0v) is 10.6. The fraction of sp³-hybridized carbons (Fsp3) is 0.286. The number of carboxylic acids is 1. The minimum Gasteiger partial charge on any atom is -0.475 e. The third-order valence-corrected chi connectivity index (χ3v) is 2.78. The monoisotopic (exact) mass is 261 g/mol. The highest BCUT2D eigenvalue weighted by Crippen LogP contribution is 2.20. The van der Waals surface area contributed by atoms with Crippen molar-refractivity contribution in [3.8, 4) is 11.3 Å². The van der Waals surface area contributed by atoms with Gasteiger partial charge in [0.25, 0.3) is 0 Å². The summed E-state index contributed by atoms with van der Waals surface area (Å²) >= 11 is 0. The number of carbonyl (C=O) groups is 1. The number of methoxy groups -OCH3 is 1. The smallest absolute Gasteiger partial charge is 0.374 e. The number of aromatic carboxylic acids is 1. The summed E-state index contributed by atoms with van der Waals surface area (Å²) < 4.78 is 9.73. The number of benzene rings is 1. The first-order chi connectivity index (χ1) is 9.20. The van der Waals surface area contributed by atoms with Crippen LogP contribution in [0.3, 0.4) is 0 Å². The van der Waals surface area contributed by atoms with Gasteiger partial charge in [0.05, 0.1) is 0 Å². The van der Waals surface area contributed by atoms with Crippen LogP contribution in [0.5, 0.6) is 0 Å². The molecule has 0 unspecified atom stereocenters. The van der Waals surface area contributed by atoms with Crippen LogP contribution in [0.2, 0.25) is 0 Å². The molecule has 100 valence electrons. The Morgan fingerprint density at radius 3 is 2.68 bits per heavy atom. The topological polar surface area (TPSA) is 72.6 Å². The Balaban J connectivity index is 2.06. The maximum absolute atomic E-state index is 10.7. The van der Waals surface area contributed by atoms with Gasteiger partial charge in [0, 0.05) is 25.3 Å². The first kappa shape index (κ1) is 13.3. The van der Waals surface area contributed by atoms with E-state index in [2.05, 4.69) is 5.16 Å². The van der Waals surface area contributed by atoms with E-state index in [1.165, 1.54) is 11.6 Å². The maximum Gasteiger partial charge on any atom is 0.374 e. The second kappa shape index (κ2) is 6.15. The van der Waals surface area contributed by atoms with Crippen LogP contribution in [0.4, 0.5) is 0 Å². The van der Waals surface area contributed by atoms with Gasteiger partial charge in [-0.25, -0.2) is 4.79 Å². The van der Waals surface area contributed by atoms with Crippen molar-refractivity contribution >= 4 is 5.97 Å². The molecular formula is C14H15NO4. The molecule has 0 atom stereocenters. The molecule has 0 saturated heterocycles. The normalized spacial score (nSPS) is 10.6. The Kier molecular flexibility index (Phi) is 4.30. The van der Waals surface area contributed by atoms with Crippen molar-refractivity contribution in [1.82, 2.24) is 5.16 Å². The van der Waals surface area contributed by atoms with E-state index in [9.17, 15) is 4.79 Å². The SMILES string of the molecule is COCCCc1ccc(-c2cc(C(=O)O)on2)cc1. The predicted molar refractivity (Wildman–Crippen MR) is 69.1 cm³/mol. The van der Waals surface area contributed by atoms with Gasteiger partial charge in [0.2, 0.25) is 5.76 Å². The van der Waals surface area contributed by atoms with Gasteiger partial charge in [0.15, 0.2) is 0 Å². The molecule has 0 amide bonds. The molecule has 0 fully saturated rings. The summed E-state index contributed by atoms with van der Waals surface area (Å²) in [5.41, 5.74) is 2.58. The zero-order valence-electron chi connectivity index (χ0n) is 10.6. The minimum absolute atomic E-state index is 0.154. The van der Waals surface area contributed by atoms with Crippen molar-refractivity contribution < 1.29 is 19.2 Å². The highest BCUT2D eigenvalue weighted by molar-refractivity contribution is 5.85. The van der Waals surface area contributed by atoms with E-state index < -0.39 is 5.97 Å². The van der Waals surface area contributed by atoms with Gasteiger partial charge in [0.1, 0.15) is 5.69 Å². The quantitative estimate of drug-likeness (QED) is 0.809. The lowest BCUT2D eigenvalue weighted by molar-refractivity contribution is 0.0652. The molecule has 0 aliphatic heterocycles. The van der Waals surface area contributed by atoms with Crippen molar-refractivity contribution in [2.75, 3.05) is 13.7 Å². The molecule has 0 aliphatic carbocycles. The van der Waals surface area contributed by atoms with E-state index in [1.54, 1.807) is 7.11 Å². The number of carboxylic acid groups (broad SMARTS) is 1. The highest BCUT2D eigenvalue weighted by atomic mass is 16.5. The van der Waals surface area contributed by atoms with Crippen LogP contribution in [-0.4, -0.2) is 29.9 Å². The number of hydrogen-bond acceptors (Lipinski definition) is 4. The third kappa shape index (κ3) is 3.42. The summed E-state index contributed by atoms with van der Waals surface area (Å²) in [6, 6.07) is 9.24. The molecule has 5 nitrogen and oxygen atoms in total. The molecule has 0 saturated carbocycles. The van der Waals surface area contributed by atoms with Crippen LogP contribution in [0, 0.1) is 0 Å². The van der Waals surface area contributed by atoms with E-state index in [0.717, 1.165) is 25.0 Å². The van der Waals surface area contributed by atoms with E-state index >= 15 is 0 Å². The number of nitrogens with zero attached hydrogens (tertiary/aromatic N) is 1. The van der Waals surface area contributed by atoms with Gasteiger partial charge >= 0.3 is 5.97 Å². The standard InChI is InChI=1S/C14H15NO4/c1-18-8-2-3-10-4-6-11(7-5-10)12-9-13(14(16)17)19-15-12/h4-7,9H,2-3,8H2,1H3,(H,16,17). The fourth-order valence-corrected chi connectivity index (χ4v) is 1.77. The molecule has 1 N–H and O–H groups in total. The Bertz CT molecular complexity index is 545. The summed E-state index contributed by atoms with van der Waals surface area (Å²) in [7, 11) is 1.69. The lowest BCUT2D eigenvalue weighted by Crippen LogP contribution is -1.92. The van der Waals surface area contributed by atoms with E-state index in [1.807, 2.05) is 24.3 Å². The number of hydrogen-bond donors (Lipinski definition) is 1. The van der Waals surface area contributed by atoms with Crippen LogP contribution in [0.1, 0.15) is 22.5 Å². The molecule has 1 aromatic heterocycles. The average molecular weight is 261 g/mol. The molecule has 2 rings (SSSR count). The Hall–Kier alpha value is -2.14. The van der Waals surface area contributed by atoms with Gasteiger partial charge < -0.3 is 14.4 Å². The molecular weight excluding hydrogens is 246 g/mol. The summed E-state index contributed by atoms with van der Waals surface area (Å²) in [6.45, 7) is 0.743. The molecule has 0 bridgehead atoms. The molecule has 1 aromatic carbocycles. The van der Waals surface area contributed by atoms with E-state index in [0.29, 0.717) is 5.69 Å². The van der Waals surface area contributed by atoms with Crippen molar-refractivity contribution in [2.24, 2.45) is 0 Å². The van der Waals surface area contributed by atoms with Crippen molar-refractivity contribution in [1.29, 1.82) is 0 Å². The van der Waals surface area contributed by atoms with Crippen molar-refractivity contribution in [3.05, 3.63) is 41.7 Å². The largest absolute Gasteiger partial charge is 0.475 e. The van der Waals surface area contributed by atoms with Gasteiger partial charge in [-0.3, -0.25) is 0 Å². The number of aryl methyl sites for hydroxylation is 1. The molecule has 0 aliphatic rings. The Labute approximate surface area is 110 Å². The first-order valence-electron chi connectivity index (χ1n) is 5.99. The number of rotatable bonds is 6. The van der Waals surface area contributed by atoms with E-state index in [4.69, 9.17) is 14.4 Å². The van der Waals surface area contributed by atoms with Gasteiger partial charge in [-0.05, 0) is 18.4 Å². The maximum atomic E-state index is 10.7. The predicted octanol–water partition coefficient (Wildman–Crippen LogP) is 2.62. The summed E-state index contributed by atoms with van der Waals surface area (Å²) in [5.74, 6) is -1.27. The van der Waals surface area contributed by atoms with Crippen molar-refractivity contribution in [2.45, 2.75) is 12.8 Å². The molecule has 2 aromatic rings. The van der Waals surface area contributed by atoms with Crippen LogP contribution >= 0.6 is 0 Å². The summed E-state index contributed by atoms with van der Waals surface area (Å²) in [6.07, 6.45) is 1.93.